The number of carbonyl (C=O) groups excluding carboxylic acids is 1. The summed E-state index contributed by atoms with van der Waals surface area (Å²) >= 11 is 3.28. The summed E-state index contributed by atoms with van der Waals surface area (Å²) in [6.45, 7) is 0. The van der Waals surface area contributed by atoms with Gasteiger partial charge < -0.3 is 0 Å². The van der Waals surface area contributed by atoms with Crippen molar-refractivity contribution in [3.05, 3.63) is 35.1 Å². The van der Waals surface area contributed by atoms with E-state index in [1.165, 1.54) is 12.1 Å². The summed E-state index contributed by atoms with van der Waals surface area (Å²) in [6.07, 6.45) is 2.12. The van der Waals surface area contributed by atoms with E-state index in [1.807, 2.05) is 0 Å². The quantitative estimate of drug-likeness (QED) is 0.472. The molecule has 0 saturated carbocycles. The molecule has 2 nitrogen and oxygen atoms in total. The number of Topliss-reactive ketones (excluding diaryl/α,β-unsaturated/α-hetero) is 1. The second kappa shape index (κ2) is 6.39. The highest BCUT2D eigenvalue weighted by molar-refractivity contribution is 9.09. The Morgan fingerprint density at radius 2 is 2.19 bits per heavy atom. The molecule has 0 saturated heterocycles. The predicted octanol–water partition coefficient (Wildman–Crippen LogP) is 3.45. The number of alkyl halides is 1. The number of carbonyl (C=O) groups is 1. The van der Waals surface area contributed by atoms with Crippen LogP contribution in [0.2, 0.25) is 0 Å². The average Bonchev–Trinajstić information content (AvgIpc) is 2.29. The highest BCUT2D eigenvalue weighted by Crippen LogP contribution is 2.12. The Hall–Kier alpha value is -1.21. The summed E-state index contributed by atoms with van der Waals surface area (Å²) < 4.78 is 13.2. The zero-order valence-electron chi connectivity index (χ0n) is 8.67. The third-order valence-electron chi connectivity index (χ3n) is 2.20. The molecule has 16 heavy (non-hydrogen) atoms. The van der Waals surface area contributed by atoms with Gasteiger partial charge in [-0.2, -0.15) is 5.26 Å². The van der Waals surface area contributed by atoms with E-state index in [9.17, 15) is 9.18 Å². The Kier molecular flexibility index (Phi) is 5.13. The van der Waals surface area contributed by atoms with E-state index in [2.05, 4.69) is 15.9 Å². The minimum Gasteiger partial charge on any atom is -0.294 e. The van der Waals surface area contributed by atoms with Crippen LogP contribution in [0.1, 0.15) is 35.2 Å². The van der Waals surface area contributed by atoms with Gasteiger partial charge in [0, 0.05) is 17.3 Å². The second-order valence-corrected chi connectivity index (χ2v) is 4.17. The molecule has 0 atom stereocenters. The van der Waals surface area contributed by atoms with Crippen LogP contribution in [-0.4, -0.2) is 11.1 Å². The molecule has 0 spiro atoms. The average molecular weight is 284 g/mol. The van der Waals surface area contributed by atoms with Gasteiger partial charge in [0.05, 0.1) is 5.56 Å². The smallest absolute Gasteiger partial charge is 0.162 e. The molecule has 4 heteroatoms. The maximum atomic E-state index is 13.2. The SMILES string of the molecule is N#Cc1ccc(C(=O)CCCCBr)cc1F. The first-order valence-corrected chi connectivity index (χ1v) is 6.10. The van der Waals surface area contributed by atoms with Crippen molar-refractivity contribution in [1.82, 2.24) is 0 Å². The molecule has 0 aromatic heterocycles. The molecule has 1 aromatic carbocycles. The number of hydrogen-bond acceptors (Lipinski definition) is 2. The van der Waals surface area contributed by atoms with Crippen LogP contribution in [0.25, 0.3) is 0 Å². The largest absolute Gasteiger partial charge is 0.294 e. The van der Waals surface area contributed by atoms with Gasteiger partial charge in [0.1, 0.15) is 11.9 Å². The molecule has 0 bridgehead atoms. The van der Waals surface area contributed by atoms with Crippen LogP contribution in [0.15, 0.2) is 18.2 Å². The molecule has 84 valence electrons. The fourth-order valence-electron chi connectivity index (χ4n) is 1.30. The summed E-state index contributed by atoms with van der Waals surface area (Å²) in [5.74, 6) is -0.710. The van der Waals surface area contributed by atoms with Crippen LogP contribution in [0.4, 0.5) is 4.39 Å². The Morgan fingerprint density at radius 3 is 2.75 bits per heavy atom. The molecule has 1 aromatic rings. The second-order valence-electron chi connectivity index (χ2n) is 3.38. The number of halogens is 2. The third-order valence-corrected chi connectivity index (χ3v) is 2.76. The summed E-state index contributed by atoms with van der Waals surface area (Å²) in [7, 11) is 0. The van der Waals surface area contributed by atoms with Crippen molar-refractivity contribution in [2.24, 2.45) is 0 Å². The zero-order valence-corrected chi connectivity index (χ0v) is 10.3. The number of hydrogen-bond donors (Lipinski definition) is 0. The topological polar surface area (TPSA) is 40.9 Å². The number of nitriles is 1. The lowest BCUT2D eigenvalue weighted by Gasteiger charge is -2.01. The van der Waals surface area contributed by atoms with Gasteiger partial charge in [-0.3, -0.25) is 4.79 Å². The molecule has 0 N–H and O–H groups in total. The number of unbranched alkanes of at least 4 members (excludes halogenated alkanes) is 1. The molecule has 0 aliphatic carbocycles. The van der Waals surface area contributed by atoms with E-state index in [-0.39, 0.29) is 11.3 Å². The van der Waals surface area contributed by atoms with Gasteiger partial charge in [-0.15, -0.1) is 0 Å². The Labute approximate surface area is 102 Å². The number of benzene rings is 1. The van der Waals surface area contributed by atoms with Crippen molar-refractivity contribution < 1.29 is 9.18 Å². The molecular weight excluding hydrogens is 273 g/mol. The lowest BCUT2D eigenvalue weighted by molar-refractivity contribution is 0.0979. The van der Waals surface area contributed by atoms with Crippen LogP contribution in [0.3, 0.4) is 0 Å². The van der Waals surface area contributed by atoms with E-state index in [4.69, 9.17) is 5.26 Å². The van der Waals surface area contributed by atoms with Crippen molar-refractivity contribution in [3.8, 4) is 6.07 Å². The van der Waals surface area contributed by atoms with Crippen molar-refractivity contribution in [2.75, 3.05) is 5.33 Å². The minimum absolute atomic E-state index is 0.0305. The van der Waals surface area contributed by atoms with Gasteiger partial charge in [-0.1, -0.05) is 15.9 Å². The summed E-state index contributed by atoms with van der Waals surface area (Å²) in [4.78, 5) is 11.6. The van der Waals surface area contributed by atoms with Crippen LogP contribution in [0, 0.1) is 17.1 Å². The van der Waals surface area contributed by atoms with Gasteiger partial charge in [0.2, 0.25) is 0 Å². The summed E-state index contributed by atoms with van der Waals surface area (Å²) in [6, 6.07) is 5.69. The molecule has 0 radical (unpaired) electrons. The maximum Gasteiger partial charge on any atom is 0.162 e. The van der Waals surface area contributed by atoms with Crippen molar-refractivity contribution in [2.45, 2.75) is 19.3 Å². The first-order valence-electron chi connectivity index (χ1n) is 4.98. The normalized spacial score (nSPS) is 9.81. The third kappa shape index (κ3) is 3.42. The fraction of sp³-hybridized carbons (Fsp3) is 0.333. The highest BCUT2D eigenvalue weighted by Gasteiger charge is 2.09. The number of ketones is 1. The van der Waals surface area contributed by atoms with Gasteiger partial charge in [-0.25, -0.2) is 4.39 Å². The summed E-state index contributed by atoms with van der Waals surface area (Å²) in [5.41, 5.74) is 0.308. The Morgan fingerprint density at radius 1 is 1.44 bits per heavy atom. The van der Waals surface area contributed by atoms with Gasteiger partial charge in [0.25, 0.3) is 0 Å². The van der Waals surface area contributed by atoms with E-state index in [1.54, 1.807) is 6.07 Å². The molecule has 0 amide bonds. The number of nitrogens with zero attached hydrogens (tertiary/aromatic N) is 1. The molecule has 0 heterocycles. The Balaban J connectivity index is 2.70. The molecule has 0 aliphatic heterocycles. The number of rotatable bonds is 5. The fourth-order valence-corrected chi connectivity index (χ4v) is 1.70. The Bertz CT molecular complexity index is 426. The zero-order chi connectivity index (χ0) is 12.0. The molecule has 0 fully saturated rings. The maximum absolute atomic E-state index is 13.2. The van der Waals surface area contributed by atoms with Crippen LogP contribution in [-0.2, 0) is 0 Å². The molecule has 1 rings (SSSR count). The first-order chi connectivity index (χ1) is 7.69. The predicted molar refractivity (Wildman–Crippen MR) is 63.1 cm³/mol. The van der Waals surface area contributed by atoms with E-state index >= 15 is 0 Å². The van der Waals surface area contributed by atoms with E-state index < -0.39 is 5.82 Å². The lowest BCUT2D eigenvalue weighted by atomic mass is 10.0. The molecular formula is C12H11BrFNO. The van der Waals surface area contributed by atoms with Crippen LogP contribution < -0.4 is 0 Å². The highest BCUT2D eigenvalue weighted by atomic mass is 79.9. The van der Waals surface area contributed by atoms with Crippen molar-refractivity contribution in [3.63, 3.8) is 0 Å². The monoisotopic (exact) mass is 283 g/mol. The first kappa shape index (κ1) is 12.9. The molecule has 0 unspecified atom stereocenters. The van der Waals surface area contributed by atoms with Crippen LogP contribution >= 0.6 is 15.9 Å². The van der Waals surface area contributed by atoms with Crippen molar-refractivity contribution in [1.29, 1.82) is 5.26 Å². The van der Waals surface area contributed by atoms with Crippen molar-refractivity contribution >= 4 is 21.7 Å². The lowest BCUT2D eigenvalue weighted by Crippen LogP contribution is -2.00. The standard InChI is InChI=1S/C12H11BrFNO/c13-6-2-1-3-12(16)9-4-5-10(8-15)11(14)7-9/h4-5,7H,1-3,6H2. The summed E-state index contributed by atoms with van der Waals surface area (Å²) in [5, 5.41) is 9.40. The van der Waals surface area contributed by atoms with E-state index in [0.29, 0.717) is 12.0 Å². The van der Waals surface area contributed by atoms with Crippen LogP contribution in [0.5, 0.6) is 0 Å². The van der Waals surface area contributed by atoms with Gasteiger partial charge in [0.15, 0.2) is 5.78 Å². The molecule has 0 aliphatic rings. The van der Waals surface area contributed by atoms with Gasteiger partial charge >= 0.3 is 0 Å². The van der Waals surface area contributed by atoms with Gasteiger partial charge in [-0.05, 0) is 31.0 Å². The van der Waals surface area contributed by atoms with E-state index in [0.717, 1.165) is 24.2 Å². The minimum atomic E-state index is -0.631.